The summed E-state index contributed by atoms with van der Waals surface area (Å²) in [7, 11) is 0. The Kier molecular flexibility index (Phi) is 6.89. The average Bonchev–Trinajstić information content (AvgIpc) is 2.69. The van der Waals surface area contributed by atoms with E-state index in [0.717, 1.165) is 22.8 Å². The van der Waals surface area contributed by atoms with Crippen molar-refractivity contribution in [3.63, 3.8) is 0 Å². The number of hydrogen-bond acceptors (Lipinski definition) is 2. The van der Waals surface area contributed by atoms with Crippen molar-refractivity contribution < 1.29 is 9.59 Å². The molecule has 150 valence electrons. The van der Waals surface area contributed by atoms with Crippen molar-refractivity contribution in [3.05, 3.63) is 76.8 Å². The van der Waals surface area contributed by atoms with Crippen molar-refractivity contribution in [2.24, 2.45) is 5.92 Å². The maximum absolute atomic E-state index is 12.6. The smallest absolute Gasteiger partial charge is 0.251 e. The first-order valence-electron chi connectivity index (χ1n) is 9.78. The highest BCUT2D eigenvalue weighted by Gasteiger charge is 2.12. The van der Waals surface area contributed by atoms with Crippen molar-refractivity contribution in [2.45, 2.75) is 26.7 Å². The van der Waals surface area contributed by atoms with Crippen molar-refractivity contribution in [2.75, 3.05) is 11.9 Å². The molecule has 0 fully saturated rings. The highest BCUT2D eigenvalue weighted by atomic mass is 35.5. The third-order valence-electron chi connectivity index (χ3n) is 4.74. The first kappa shape index (κ1) is 20.9. The first-order valence-corrected chi connectivity index (χ1v) is 10.2. The molecular weight excluding hydrogens is 384 g/mol. The van der Waals surface area contributed by atoms with Gasteiger partial charge in [0.2, 0.25) is 5.91 Å². The van der Waals surface area contributed by atoms with E-state index < -0.39 is 0 Å². The van der Waals surface area contributed by atoms with E-state index in [2.05, 4.69) is 24.5 Å². The topological polar surface area (TPSA) is 58.2 Å². The Labute approximate surface area is 176 Å². The van der Waals surface area contributed by atoms with E-state index in [9.17, 15) is 9.59 Å². The van der Waals surface area contributed by atoms with Crippen LogP contribution in [0.1, 0.15) is 36.2 Å². The Morgan fingerprint density at radius 2 is 1.76 bits per heavy atom. The number of halogens is 1. The number of hydrogen-bond donors (Lipinski definition) is 2. The fourth-order valence-electron chi connectivity index (χ4n) is 3.15. The van der Waals surface area contributed by atoms with Gasteiger partial charge in [0, 0.05) is 12.1 Å². The summed E-state index contributed by atoms with van der Waals surface area (Å²) in [5, 5.41) is 8.28. The van der Waals surface area contributed by atoms with Gasteiger partial charge in [-0.3, -0.25) is 9.59 Å². The van der Waals surface area contributed by atoms with Gasteiger partial charge >= 0.3 is 0 Å². The van der Waals surface area contributed by atoms with Crippen LogP contribution in [0, 0.1) is 5.92 Å². The number of anilines is 1. The van der Waals surface area contributed by atoms with Gasteiger partial charge in [0.1, 0.15) is 0 Å². The Morgan fingerprint density at radius 1 is 1.00 bits per heavy atom. The second-order valence-electron chi connectivity index (χ2n) is 7.50. The summed E-state index contributed by atoms with van der Waals surface area (Å²) in [5.74, 6) is 0.164. The number of rotatable bonds is 7. The molecule has 0 bridgehead atoms. The molecule has 5 heteroatoms. The van der Waals surface area contributed by atoms with Crippen molar-refractivity contribution in [1.82, 2.24) is 5.32 Å². The molecule has 0 radical (unpaired) electrons. The molecule has 0 unspecified atom stereocenters. The Balaban J connectivity index is 1.70. The van der Waals surface area contributed by atoms with Gasteiger partial charge in [-0.05, 0) is 46.9 Å². The van der Waals surface area contributed by atoms with Crippen LogP contribution in [0.5, 0.6) is 0 Å². The summed E-state index contributed by atoms with van der Waals surface area (Å²) >= 11 is 6.24. The van der Waals surface area contributed by atoms with Gasteiger partial charge in [-0.1, -0.05) is 67.9 Å². The molecule has 3 aromatic carbocycles. The standard InChI is InChI=1S/C24H25ClN2O2/c1-16(2)12-13-26-24(29)19-10-11-21(25)22(14-19)27-23(28)15-18-8-5-7-17-6-3-4-9-20(17)18/h3-11,14,16H,12-13,15H2,1-2H3,(H,26,29)(H,27,28). The molecular formula is C24H25ClN2O2. The molecule has 0 saturated carbocycles. The minimum Gasteiger partial charge on any atom is -0.352 e. The highest BCUT2D eigenvalue weighted by molar-refractivity contribution is 6.34. The number of amides is 2. The summed E-state index contributed by atoms with van der Waals surface area (Å²) in [6, 6.07) is 18.8. The van der Waals surface area contributed by atoms with Gasteiger partial charge in [0.15, 0.2) is 0 Å². The molecule has 2 N–H and O–H groups in total. The molecule has 4 nitrogen and oxygen atoms in total. The zero-order valence-electron chi connectivity index (χ0n) is 16.7. The average molecular weight is 409 g/mol. The predicted molar refractivity (Wildman–Crippen MR) is 120 cm³/mol. The zero-order valence-corrected chi connectivity index (χ0v) is 17.4. The summed E-state index contributed by atoms with van der Waals surface area (Å²) in [5.41, 5.74) is 1.85. The van der Waals surface area contributed by atoms with Crippen LogP contribution in [0.15, 0.2) is 60.7 Å². The van der Waals surface area contributed by atoms with Gasteiger partial charge in [0.05, 0.1) is 17.1 Å². The Morgan fingerprint density at radius 3 is 2.55 bits per heavy atom. The molecule has 0 atom stereocenters. The third kappa shape index (κ3) is 5.58. The Bertz CT molecular complexity index is 1030. The second-order valence-corrected chi connectivity index (χ2v) is 7.90. The molecule has 2 amide bonds. The molecule has 0 aliphatic carbocycles. The SMILES string of the molecule is CC(C)CCNC(=O)c1ccc(Cl)c(NC(=O)Cc2cccc3ccccc23)c1. The van der Waals surface area contributed by atoms with Crippen LogP contribution in [0.25, 0.3) is 10.8 Å². The Hall–Kier alpha value is -2.85. The minimum absolute atomic E-state index is 0.174. The number of carbonyl (C=O) groups excluding carboxylic acids is 2. The maximum Gasteiger partial charge on any atom is 0.251 e. The molecule has 29 heavy (non-hydrogen) atoms. The lowest BCUT2D eigenvalue weighted by Crippen LogP contribution is -2.25. The second kappa shape index (κ2) is 9.57. The van der Waals surface area contributed by atoms with E-state index in [1.165, 1.54) is 0 Å². The van der Waals surface area contributed by atoms with Crippen LogP contribution in [-0.4, -0.2) is 18.4 Å². The maximum atomic E-state index is 12.6. The first-order chi connectivity index (χ1) is 13.9. The quantitative estimate of drug-likeness (QED) is 0.546. The third-order valence-corrected chi connectivity index (χ3v) is 5.07. The number of nitrogens with one attached hydrogen (secondary N) is 2. The van der Waals surface area contributed by atoms with E-state index in [1.807, 2.05) is 42.5 Å². The summed E-state index contributed by atoms with van der Waals surface area (Å²) in [6.45, 7) is 4.83. The lowest BCUT2D eigenvalue weighted by molar-refractivity contribution is -0.115. The van der Waals surface area contributed by atoms with Crippen LogP contribution in [0.2, 0.25) is 5.02 Å². The number of fused-ring (bicyclic) bond motifs is 1. The highest BCUT2D eigenvalue weighted by Crippen LogP contribution is 2.24. The lowest BCUT2D eigenvalue weighted by atomic mass is 10.0. The number of benzene rings is 3. The monoisotopic (exact) mass is 408 g/mol. The van der Waals surface area contributed by atoms with Crippen LogP contribution < -0.4 is 10.6 Å². The summed E-state index contributed by atoms with van der Waals surface area (Å²) in [4.78, 5) is 25.0. The fraction of sp³-hybridized carbons (Fsp3) is 0.250. The van der Waals surface area contributed by atoms with Gasteiger partial charge in [-0.15, -0.1) is 0 Å². The van der Waals surface area contributed by atoms with Gasteiger partial charge in [0.25, 0.3) is 5.91 Å². The molecule has 0 aliphatic heterocycles. The summed E-state index contributed by atoms with van der Waals surface area (Å²) < 4.78 is 0. The van der Waals surface area contributed by atoms with E-state index in [1.54, 1.807) is 18.2 Å². The fourth-order valence-corrected chi connectivity index (χ4v) is 3.32. The molecule has 3 aromatic rings. The van der Waals surface area contributed by atoms with Crippen LogP contribution >= 0.6 is 11.6 Å². The van der Waals surface area contributed by atoms with Crippen LogP contribution in [0.3, 0.4) is 0 Å². The van der Waals surface area contributed by atoms with E-state index in [-0.39, 0.29) is 18.2 Å². The van der Waals surface area contributed by atoms with E-state index in [0.29, 0.717) is 28.7 Å². The normalized spacial score (nSPS) is 10.9. The van der Waals surface area contributed by atoms with E-state index in [4.69, 9.17) is 11.6 Å². The molecule has 0 heterocycles. The minimum atomic E-state index is -0.180. The molecule has 0 aliphatic rings. The molecule has 0 saturated heterocycles. The van der Waals surface area contributed by atoms with Gasteiger partial charge in [-0.2, -0.15) is 0 Å². The molecule has 0 aromatic heterocycles. The van der Waals surface area contributed by atoms with E-state index >= 15 is 0 Å². The molecule has 3 rings (SSSR count). The predicted octanol–water partition coefficient (Wildman–Crippen LogP) is 5.45. The van der Waals surface area contributed by atoms with Crippen LogP contribution in [0.4, 0.5) is 5.69 Å². The molecule has 0 spiro atoms. The van der Waals surface area contributed by atoms with Crippen molar-refractivity contribution >= 4 is 39.9 Å². The van der Waals surface area contributed by atoms with Crippen molar-refractivity contribution in [1.29, 1.82) is 0 Å². The number of carbonyl (C=O) groups is 2. The zero-order chi connectivity index (χ0) is 20.8. The lowest BCUT2D eigenvalue weighted by Gasteiger charge is -2.11. The van der Waals surface area contributed by atoms with Gasteiger partial charge < -0.3 is 10.6 Å². The van der Waals surface area contributed by atoms with Gasteiger partial charge in [-0.25, -0.2) is 0 Å². The largest absolute Gasteiger partial charge is 0.352 e. The van der Waals surface area contributed by atoms with Crippen LogP contribution in [-0.2, 0) is 11.2 Å². The van der Waals surface area contributed by atoms with Crippen molar-refractivity contribution in [3.8, 4) is 0 Å². The summed E-state index contributed by atoms with van der Waals surface area (Å²) in [6.07, 6.45) is 1.14.